The molecule has 1 aliphatic heterocycles. The van der Waals surface area contributed by atoms with Gasteiger partial charge in [0.15, 0.2) is 0 Å². The lowest BCUT2D eigenvalue weighted by molar-refractivity contribution is 0.429. The summed E-state index contributed by atoms with van der Waals surface area (Å²) in [7, 11) is 0. The normalized spacial score (nSPS) is 25.2. The van der Waals surface area contributed by atoms with Crippen LogP contribution in [0, 0.1) is 11.3 Å². The Morgan fingerprint density at radius 2 is 2.06 bits per heavy atom. The molecule has 2 unspecified atom stereocenters. The van der Waals surface area contributed by atoms with Crippen molar-refractivity contribution >= 4 is 5.82 Å². The number of anilines is 1. The molecule has 0 aromatic carbocycles. The molecule has 1 fully saturated rings. The van der Waals surface area contributed by atoms with Gasteiger partial charge >= 0.3 is 0 Å². The number of aromatic nitrogens is 1. The van der Waals surface area contributed by atoms with E-state index in [9.17, 15) is 0 Å². The van der Waals surface area contributed by atoms with Crippen LogP contribution in [0.3, 0.4) is 0 Å². The van der Waals surface area contributed by atoms with Crippen LogP contribution < -0.4 is 10.2 Å². The quantitative estimate of drug-likeness (QED) is 0.765. The number of pyridine rings is 1. The van der Waals surface area contributed by atoms with Crippen LogP contribution in [0.25, 0.3) is 0 Å². The van der Waals surface area contributed by atoms with E-state index < -0.39 is 0 Å². The smallest absolute Gasteiger partial charge is 0.129 e. The lowest BCUT2D eigenvalue weighted by Crippen LogP contribution is -2.55. The standard InChI is InChI=1S/C12H16N4/c1-9-6-14-7-10(2)16(9)12-4-3-11(5-13)8-15-12/h3-4,8-10,14H,6-7H2,1-2H3. The van der Waals surface area contributed by atoms with Gasteiger partial charge in [0.25, 0.3) is 0 Å². The number of nitrogens with one attached hydrogen (secondary N) is 1. The highest BCUT2D eigenvalue weighted by Crippen LogP contribution is 2.19. The van der Waals surface area contributed by atoms with Crippen molar-refractivity contribution in [1.29, 1.82) is 5.26 Å². The van der Waals surface area contributed by atoms with E-state index in [-0.39, 0.29) is 0 Å². The van der Waals surface area contributed by atoms with Gasteiger partial charge in [0.2, 0.25) is 0 Å². The molecule has 2 heterocycles. The minimum atomic E-state index is 0.434. The van der Waals surface area contributed by atoms with Crippen LogP contribution in [0.1, 0.15) is 19.4 Å². The highest BCUT2D eigenvalue weighted by Gasteiger charge is 2.25. The molecule has 1 saturated heterocycles. The van der Waals surface area contributed by atoms with Gasteiger partial charge in [-0.05, 0) is 26.0 Å². The molecule has 0 amide bonds. The van der Waals surface area contributed by atoms with E-state index in [2.05, 4.69) is 35.1 Å². The zero-order valence-corrected chi connectivity index (χ0v) is 9.64. The SMILES string of the molecule is CC1CNCC(C)N1c1ccc(C#N)cn1. The van der Waals surface area contributed by atoms with Crippen molar-refractivity contribution in [2.75, 3.05) is 18.0 Å². The third-order valence-electron chi connectivity index (χ3n) is 2.97. The average molecular weight is 216 g/mol. The summed E-state index contributed by atoms with van der Waals surface area (Å²) < 4.78 is 0. The summed E-state index contributed by atoms with van der Waals surface area (Å²) in [5, 5.41) is 12.1. The molecule has 4 heteroatoms. The van der Waals surface area contributed by atoms with Gasteiger partial charge in [0, 0.05) is 31.4 Å². The zero-order valence-electron chi connectivity index (χ0n) is 9.64. The van der Waals surface area contributed by atoms with Gasteiger partial charge < -0.3 is 10.2 Å². The molecular formula is C12H16N4. The van der Waals surface area contributed by atoms with Crippen molar-refractivity contribution in [2.24, 2.45) is 0 Å². The predicted molar refractivity (Wildman–Crippen MR) is 63.2 cm³/mol. The van der Waals surface area contributed by atoms with Crippen LogP contribution >= 0.6 is 0 Å². The van der Waals surface area contributed by atoms with E-state index in [0.29, 0.717) is 17.6 Å². The Morgan fingerprint density at radius 1 is 1.38 bits per heavy atom. The van der Waals surface area contributed by atoms with Crippen LogP contribution in [0.4, 0.5) is 5.82 Å². The largest absolute Gasteiger partial charge is 0.349 e. The minimum absolute atomic E-state index is 0.434. The van der Waals surface area contributed by atoms with Crippen molar-refractivity contribution < 1.29 is 0 Å². The van der Waals surface area contributed by atoms with E-state index in [1.807, 2.05) is 12.1 Å². The number of rotatable bonds is 1. The summed E-state index contributed by atoms with van der Waals surface area (Å²) in [6.07, 6.45) is 1.64. The number of nitriles is 1. The molecule has 0 radical (unpaired) electrons. The summed E-state index contributed by atoms with van der Waals surface area (Å²) in [4.78, 5) is 6.65. The monoisotopic (exact) mass is 216 g/mol. The summed E-state index contributed by atoms with van der Waals surface area (Å²) in [6.45, 7) is 6.32. The summed E-state index contributed by atoms with van der Waals surface area (Å²) in [5.74, 6) is 0.959. The fourth-order valence-electron chi connectivity index (χ4n) is 2.19. The van der Waals surface area contributed by atoms with Gasteiger partial charge in [-0.25, -0.2) is 4.98 Å². The Labute approximate surface area is 95.9 Å². The van der Waals surface area contributed by atoms with Crippen molar-refractivity contribution in [1.82, 2.24) is 10.3 Å². The van der Waals surface area contributed by atoms with E-state index in [4.69, 9.17) is 5.26 Å². The third-order valence-corrected chi connectivity index (χ3v) is 2.97. The van der Waals surface area contributed by atoms with E-state index in [1.54, 1.807) is 6.20 Å². The maximum atomic E-state index is 8.73. The van der Waals surface area contributed by atoms with Crippen molar-refractivity contribution in [3.63, 3.8) is 0 Å². The minimum Gasteiger partial charge on any atom is -0.349 e. The van der Waals surface area contributed by atoms with Gasteiger partial charge in [0.05, 0.1) is 5.56 Å². The highest BCUT2D eigenvalue weighted by molar-refractivity contribution is 5.44. The van der Waals surface area contributed by atoms with Crippen LogP contribution in [-0.4, -0.2) is 30.2 Å². The van der Waals surface area contributed by atoms with Crippen LogP contribution in [0.15, 0.2) is 18.3 Å². The van der Waals surface area contributed by atoms with Crippen LogP contribution in [0.2, 0.25) is 0 Å². The Morgan fingerprint density at radius 3 is 2.56 bits per heavy atom. The molecule has 1 aromatic rings. The zero-order chi connectivity index (χ0) is 11.5. The molecule has 0 aliphatic carbocycles. The second-order valence-corrected chi connectivity index (χ2v) is 4.28. The number of piperazine rings is 1. The molecule has 84 valence electrons. The summed E-state index contributed by atoms with van der Waals surface area (Å²) in [5.41, 5.74) is 0.610. The molecule has 0 spiro atoms. The van der Waals surface area contributed by atoms with Gasteiger partial charge in [0.1, 0.15) is 11.9 Å². The Bertz CT molecular complexity index is 382. The van der Waals surface area contributed by atoms with Crippen molar-refractivity contribution in [3.05, 3.63) is 23.9 Å². The van der Waals surface area contributed by atoms with Crippen molar-refractivity contribution in [2.45, 2.75) is 25.9 Å². The molecule has 4 nitrogen and oxygen atoms in total. The first kappa shape index (κ1) is 10.9. The molecular weight excluding hydrogens is 200 g/mol. The second kappa shape index (κ2) is 4.50. The maximum absolute atomic E-state index is 8.73. The molecule has 1 aromatic heterocycles. The first-order chi connectivity index (χ1) is 7.72. The fourth-order valence-corrected chi connectivity index (χ4v) is 2.19. The van der Waals surface area contributed by atoms with Gasteiger partial charge in [-0.2, -0.15) is 5.26 Å². The van der Waals surface area contributed by atoms with Gasteiger partial charge in [-0.15, -0.1) is 0 Å². The van der Waals surface area contributed by atoms with Crippen LogP contribution in [0.5, 0.6) is 0 Å². The van der Waals surface area contributed by atoms with Crippen molar-refractivity contribution in [3.8, 4) is 6.07 Å². The second-order valence-electron chi connectivity index (χ2n) is 4.28. The van der Waals surface area contributed by atoms with Crippen LogP contribution in [-0.2, 0) is 0 Å². The highest BCUT2D eigenvalue weighted by atomic mass is 15.3. The maximum Gasteiger partial charge on any atom is 0.129 e. The first-order valence-corrected chi connectivity index (χ1v) is 5.57. The Hall–Kier alpha value is -1.60. The van der Waals surface area contributed by atoms with Gasteiger partial charge in [-0.3, -0.25) is 0 Å². The van der Waals surface area contributed by atoms with E-state index in [1.165, 1.54) is 0 Å². The van der Waals surface area contributed by atoms with E-state index >= 15 is 0 Å². The molecule has 1 N–H and O–H groups in total. The van der Waals surface area contributed by atoms with Gasteiger partial charge in [-0.1, -0.05) is 0 Å². The summed E-state index contributed by atoms with van der Waals surface area (Å²) >= 11 is 0. The fraction of sp³-hybridized carbons (Fsp3) is 0.500. The third kappa shape index (κ3) is 2.00. The molecule has 0 saturated carbocycles. The Balaban J connectivity index is 2.24. The molecule has 0 bridgehead atoms. The Kier molecular flexibility index (Phi) is 3.07. The number of nitrogens with zero attached hydrogens (tertiary/aromatic N) is 3. The van der Waals surface area contributed by atoms with E-state index in [0.717, 1.165) is 18.9 Å². The lowest BCUT2D eigenvalue weighted by Gasteiger charge is -2.40. The number of hydrogen-bond acceptors (Lipinski definition) is 4. The molecule has 1 aliphatic rings. The first-order valence-electron chi connectivity index (χ1n) is 5.57. The lowest BCUT2D eigenvalue weighted by atomic mass is 10.1. The summed E-state index contributed by atoms with van der Waals surface area (Å²) in [6, 6.07) is 6.71. The number of hydrogen-bond donors (Lipinski definition) is 1. The average Bonchev–Trinajstić information content (AvgIpc) is 2.30. The molecule has 2 rings (SSSR count). The topological polar surface area (TPSA) is 52.0 Å². The predicted octanol–water partition coefficient (Wildman–Crippen LogP) is 1.14. The molecule has 2 atom stereocenters. The molecule has 16 heavy (non-hydrogen) atoms.